The molecule has 208 valence electrons. The third-order valence-corrected chi connectivity index (χ3v) is 7.94. The lowest BCUT2D eigenvalue weighted by molar-refractivity contribution is -0.132. The summed E-state index contributed by atoms with van der Waals surface area (Å²) in [5.74, 6) is 0.859. The molecule has 1 aromatic carbocycles. The minimum Gasteiger partial charge on any atom is -0.474 e. The summed E-state index contributed by atoms with van der Waals surface area (Å²) in [5, 5.41) is 3.10. The summed E-state index contributed by atoms with van der Waals surface area (Å²) in [6.45, 7) is 3.04. The fourth-order valence-corrected chi connectivity index (χ4v) is 5.89. The van der Waals surface area contributed by atoms with Gasteiger partial charge in [-0.3, -0.25) is 9.36 Å². The van der Waals surface area contributed by atoms with Crippen molar-refractivity contribution in [3.63, 3.8) is 0 Å². The Morgan fingerprint density at radius 1 is 1.03 bits per heavy atom. The lowest BCUT2D eigenvalue weighted by Crippen LogP contribution is -2.44. The second-order valence-electron chi connectivity index (χ2n) is 10.3. The first-order valence-corrected chi connectivity index (χ1v) is 13.6. The maximum absolute atomic E-state index is 14.1. The molecule has 2 saturated heterocycles. The zero-order chi connectivity index (χ0) is 26.9. The minimum absolute atomic E-state index is 0.0885. The van der Waals surface area contributed by atoms with Gasteiger partial charge in [0.1, 0.15) is 11.9 Å². The molecule has 12 heteroatoms. The van der Waals surface area contributed by atoms with Crippen LogP contribution in [0.4, 0.5) is 14.7 Å². The predicted octanol–water partition coefficient (Wildman–Crippen LogP) is 3.10. The van der Waals surface area contributed by atoms with Crippen LogP contribution in [0.2, 0.25) is 0 Å². The number of amides is 1. The van der Waals surface area contributed by atoms with Gasteiger partial charge in [-0.2, -0.15) is 9.97 Å². The smallest absolute Gasteiger partial charge is 0.296 e. The van der Waals surface area contributed by atoms with Crippen molar-refractivity contribution >= 4 is 22.9 Å². The highest BCUT2D eigenvalue weighted by Gasteiger charge is 2.37. The average Bonchev–Trinajstić information content (AvgIpc) is 3.54. The van der Waals surface area contributed by atoms with Crippen LogP contribution >= 0.6 is 0 Å². The maximum Gasteiger partial charge on any atom is 0.296 e. The number of morpholine rings is 1. The number of fused-ring (bicyclic) bond motifs is 1. The average molecular weight is 542 g/mol. The van der Waals surface area contributed by atoms with Gasteiger partial charge >= 0.3 is 0 Å². The van der Waals surface area contributed by atoms with Gasteiger partial charge in [0, 0.05) is 31.7 Å². The van der Waals surface area contributed by atoms with Gasteiger partial charge in [0.15, 0.2) is 5.82 Å². The van der Waals surface area contributed by atoms with Crippen LogP contribution in [0.15, 0.2) is 30.3 Å². The van der Waals surface area contributed by atoms with Crippen molar-refractivity contribution < 1.29 is 23.0 Å². The van der Waals surface area contributed by atoms with Crippen LogP contribution in [-0.4, -0.2) is 88.4 Å². The van der Waals surface area contributed by atoms with Crippen molar-refractivity contribution in [3.8, 4) is 11.7 Å². The highest BCUT2D eigenvalue weighted by molar-refractivity contribution is 5.84. The Kier molecular flexibility index (Phi) is 7.30. The molecule has 1 saturated carbocycles. The molecule has 2 aliphatic heterocycles. The number of carbonyl (C=O) groups excluding carboxylic acids is 1. The summed E-state index contributed by atoms with van der Waals surface area (Å²) in [7, 11) is 1.83. The van der Waals surface area contributed by atoms with Crippen LogP contribution in [0.3, 0.4) is 0 Å². The van der Waals surface area contributed by atoms with E-state index in [1.54, 1.807) is 30.3 Å². The van der Waals surface area contributed by atoms with Crippen molar-refractivity contribution in [1.29, 1.82) is 0 Å². The molecular weight excluding hydrogens is 508 g/mol. The van der Waals surface area contributed by atoms with Gasteiger partial charge in [-0.1, -0.05) is 12.1 Å². The first-order chi connectivity index (χ1) is 19.0. The Hall–Kier alpha value is -3.38. The Bertz CT molecular complexity index is 1320. The van der Waals surface area contributed by atoms with E-state index in [9.17, 15) is 13.6 Å². The van der Waals surface area contributed by atoms with Crippen LogP contribution < -0.4 is 15.0 Å². The van der Waals surface area contributed by atoms with Crippen LogP contribution in [0.1, 0.15) is 44.4 Å². The Labute approximate surface area is 225 Å². The van der Waals surface area contributed by atoms with E-state index < -0.39 is 6.43 Å². The number of likely N-dealkylation sites (tertiary alicyclic amines) is 1. The summed E-state index contributed by atoms with van der Waals surface area (Å²) in [6.07, 6.45) is 1.22. The van der Waals surface area contributed by atoms with E-state index in [0.29, 0.717) is 55.0 Å². The molecule has 39 heavy (non-hydrogen) atoms. The summed E-state index contributed by atoms with van der Waals surface area (Å²) in [5.41, 5.74) is 1.01. The number of carbonyl (C=O) groups is 1. The fourth-order valence-electron chi connectivity index (χ4n) is 5.89. The number of hydrogen-bond donors (Lipinski definition) is 1. The summed E-state index contributed by atoms with van der Waals surface area (Å²) >= 11 is 0. The molecule has 2 aromatic heterocycles. The van der Waals surface area contributed by atoms with E-state index in [1.807, 2.05) is 16.8 Å². The number of halogens is 2. The molecule has 0 unspecified atom stereocenters. The first-order valence-electron chi connectivity index (χ1n) is 13.6. The number of likely N-dealkylation sites (N-methyl/N-ethyl adjacent to an activating group) is 1. The third kappa shape index (κ3) is 5.14. The molecule has 4 heterocycles. The molecule has 0 radical (unpaired) electrons. The van der Waals surface area contributed by atoms with Gasteiger partial charge in [0.05, 0.1) is 30.3 Å². The van der Waals surface area contributed by atoms with Gasteiger partial charge < -0.3 is 24.6 Å². The van der Waals surface area contributed by atoms with E-state index in [1.165, 1.54) is 4.57 Å². The number of nitrogens with zero attached hydrogens (tertiary/aromatic N) is 6. The molecule has 3 aliphatic rings. The molecule has 1 N–H and O–H groups in total. The number of anilines is 1. The number of nitrogens with one attached hydrogen (secondary N) is 1. The minimum atomic E-state index is -2.78. The van der Waals surface area contributed by atoms with Crippen LogP contribution in [-0.2, 0) is 9.53 Å². The number of imidazole rings is 1. The number of aromatic nitrogens is 4. The molecular formula is C27H33F2N7O3. The number of rotatable bonds is 7. The zero-order valence-electron chi connectivity index (χ0n) is 21.9. The van der Waals surface area contributed by atoms with Crippen LogP contribution in [0.25, 0.3) is 16.9 Å². The molecule has 10 nitrogen and oxygen atoms in total. The van der Waals surface area contributed by atoms with Gasteiger partial charge in [0.2, 0.25) is 17.7 Å². The van der Waals surface area contributed by atoms with Crippen LogP contribution in [0, 0.1) is 0 Å². The van der Waals surface area contributed by atoms with Crippen molar-refractivity contribution in [2.24, 2.45) is 0 Å². The predicted molar refractivity (Wildman–Crippen MR) is 140 cm³/mol. The number of hydrogen-bond acceptors (Lipinski definition) is 8. The Morgan fingerprint density at radius 2 is 1.79 bits per heavy atom. The van der Waals surface area contributed by atoms with Crippen molar-refractivity contribution in [3.05, 3.63) is 36.2 Å². The van der Waals surface area contributed by atoms with Crippen molar-refractivity contribution in [1.82, 2.24) is 29.7 Å². The zero-order valence-corrected chi connectivity index (χ0v) is 21.9. The van der Waals surface area contributed by atoms with E-state index >= 15 is 0 Å². The lowest BCUT2D eigenvalue weighted by Gasteiger charge is -2.35. The normalized spacial score (nSPS) is 24.2. The van der Waals surface area contributed by atoms with E-state index in [-0.39, 0.29) is 29.9 Å². The quantitative estimate of drug-likeness (QED) is 0.488. The molecule has 1 amide bonds. The lowest BCUT2D eigenvalue weighted by atomic mass is 9.92. The maximum atomic E-state index is 14.1. The molecule has 6 rings (SSSR count). The molecule has 3 fully saturated rings. The van der Waals surface area contributed by atoms with Gasteiger partial charge in [-0.25, -0.2) is 13.8 Å². The van der Waals surface area contributed by atoms with Crippen molar-refractivity contribution in [2.45, 2.75) is 56.7 Å². The summed E-state index contributed by atoms with van der Waals surface area (Å²) < 4.78 is 41.5. The highest BCUT2D eigenvalue weighted by Crippen LogP contribution is 2.32. The molecule has 3 aromatic rings. The molecule has 0 bridgehead atoms. The summed E-state index contributed by atoms with van der Waals surface area (Å²) in [4.78, 5) is 30.2. The fraction of sp³-hybridized carbons (Fsp3) is 0.556. The second-order valence-corrected chi connectivity index (χ2v) is 10.3. The molecule has 1 aliphatic carbocycles. The molecule has 1 atom stereocenters. The van der Waals surface area contributed by atoms with E-state index in [2.05, 4.69) is 15.3 Å². The monoisotopic (exact) mass is 541 g/mol. The summed E-state index contributed by atoms with van der Waals surface area (Å²) in [6, 6.07) is 8.78. The number of benzene rings is 1. The second kappa shape index (κ2) is 11.0. The standard InChI is InChI=1S/C27H33F2N7O3/c1-30-20-10-11-35(26(20)37)17-6-8-18(9-7-17)39-23-16-22(32-27(33-23)34-12-14-38-15-13-34)36-21-5-3-2-4-19(21)31-25(36)24(28)29/h2-5,16-18,20,24,30H,6-15H2,1H3/t17-,18-,20-/m0/s1. The van der Waals surface area contributed by atoms with E-state index in [0.717, 1.165) is 38.6 Å². The topological polar surface area (TPSA) is 97.6 Å². The Morgan fingerprint density at radius 3 is 2.51 bits per heavy atom. The SMILES string of the molecule is CN[C@H]1CCN([C@H]2CC[C@H](Oc3cc(-n4c(C(F)F)nc5ccccc54)nc(N4CCOCC4)n3)CC2)C1=O. The van der Waals surface area contributed by atoms with Gasteiger partial charge in [0.25, 0.3) is 6.43 Å². The first kappa shape index (κ1) is 25.9. The number of alkyl halides is 2. The van der Waals surface area contributed by atoms with Crippen LogP contribution in [0.5, 0.6) is 5.88 Å². The molecule has 0 spiro atoms. The number of ether oxygens (including phenoxy) is 2. The third-order valence-electron chi connectivity index (χ3n) is 7.94. The van der Waals surface area contributed by atoms with Gasteiger partial charge in [-0.05, 0) is 51.3 Å². The van der Waals surface area contributed by atoms with Gasteiger partial charge in [-0.15, -0.1) is 0 Å². The van der Waals surface area contributed by atoms with Crippen molar-refractivity contribution in [2.75, 3.05) is 44.8 Å². The Balaban J connectivity index is 1.27. The van der Waals surface area contributed by atoms with E-state index in [4.69, 9.17) is 14.5 Å². The highest BCUT2D eigenvalue weighted by atomic mass is 19.3. The number of para-hydroxylation sites is 2. The largest absolute Gasteiger partial charge is 0.474 e.